The summed E-state index contributed by atoms with van der Waals surface area (Å²) in [4.78, 5) is 11.4. The first-order chi connectivity index (χ1) is 9.06. The Bertz CT molecular complexity index is 421. The van der Waals surface area contributed by atoms with Gasteiger partial charge in [-0.25, -0.2) is 0 Å². The molecule has 1 aromatic carbocycles. The van der Waals surface area contributed by atoms with Crippen molar-refractivity contribution in [2.75, 3.05) is 17.2 Å². The third-order valence-electron chi connectivity index (χ3n) is 2.99. The summed E-state index contributed by atoms with van der Waals surface area (Å²) in [6.45, 7) is 7.12. The molecule has 0 heterocycles. The monoisotopic (exact) mass is 282 g/mol. The summed E-state index contributed by atoms with van der Waals surface area (Å²) in [5.41, 5.74) is 1.65. The molecule has 0 aliphatic rings. The number of nitrogens with one attached hydrogen (secondary N) is 2. The van der Waals surface area contributed by atoms with Gasteiger partial charge in [0.2, 0.25) is 5.91 Å². The van der Waals surface area contributed by atoms with Crippen LogP contribution in [0.5, 0.6) is 0 Å². The molecule has 0 saturated carbocycles. The molecule has 1 rings (SSSR count). The highest BCUT2D eigenvalue weighted by Crippen LogP contribution is 2.26. The van der Waals surface area contributed by atoms with Gasteiger partial charge >= 0.3 is 0 Å². The molecule has 4 heteroatoms. The van der Waals surface area contributed by atoms with Crippen molar-refractivity contribution in [2.24, 2.45) is 5.92 Å². The number of rotatable bonds is 7. The number of hydrogen-bond donors (Lipinski definition) is 2. The van der Waals surface area contributed by atoms with E-state index in [9.17, 15) is 4.79 Å². The quantitative estimate of drug-likeness (QED) is 0.771. The van der Waals surface area contributed by atoms with Crippen LogP contribution in [0.15, 0.2) is 18.2 Å². The van der Waals surface area contributed by atoms with Crippen molar-refractivity contribution in [3.05, 3.63) is 23.2 Å². The van der Waals surface area contributed by atoms with Gasteiger partial charge in [0.05, 0.1) is 10.7 Å². The first-order valence-corrected chi connectivity index (χ1v) is 7.27. The number of hydrogen-bond acceptors (Lipinski definition) is 2. The minimum absolute atomic E-state index is 0.00706. The molecule has 19 heavy (non-hydrogen) atoms. The lowest BCUT2D eigenvalue weighted by molar-refractivity contribution is -0.115. The molecule has 0 aliphatic heterocycles. The molecular weight excluding hydrogens is 260 g/mol. The van der Waals surface area contributed by atoms with Crippen LogP contribution >= 0.6 is 11.6 Å². The van der Waals surface area contributed by atoms with E-state index in [2.05, 4.69) is 24.5 Å². The summed E-state index contributed by atoms with van der Waals surface area (Å²) in [6.07, 6.45) is 2.85. The van der Waals surface area contributed by atoms with E-state index in [1.165, 1.54) is 12.8 Å². The fraction of sp³-hybridized carbons (Fsp3) is 0.533. The van der Waals surface area contributed by atoms with Crippen molar-refractivity contribution in [1.82, 2.24) is 0 Å². The number of carbonyl (C=O) groups excluding carboxylic acids is 1. The van der Waals surface area contributed by atoms with Crippen LogP contribution in [0.3, 0.4) is 0 Å². The van der Waals surface area contributed by atoms with Crippen LogP contribution in [-0.4, -0.2) is 12.5 Å². The second-order valence-corrected chi connectivity index (χ2v) is 5.28. The third kappa shape index (κ3) is 5.52. The molecule has 1 atom stereocenters. The van der Waals surface area contributed by atoms with Gasteiger partial charge in [-0.2, -0.15) is 0 Å². The van der Waals surface area contributed by atoms with Gasteiger partial charge in [-0.1, -0.05) is 38.8 Å². The Kier molecular flexibility index (Phi) is 6.71. The summed E-state index contributed by atoms with van der Waals surface area (Å²) < 4.78 is 0. The lowest BCUT2D eigenvalue weighted by Crippen LogP contribution is -2.12. The van der Waals surface area contributed by atoms with Crippen LogP contribution in [0.4, 0.5) is 11.4 Å². The maximum atomic E-state index is 11.4. The Morgan fingerprint density at radius 1 is 1.37 bits per heavy atom. The predicted molar refractivity (Wildman–Crippen MR) is 82.9 cm³/mol. The number of amides is 1. The maximum absolute atomic E-state index is 11.4. The highest BCUT2D eigenvalue weighted by atomic mass is 35.5. The van der Waals surface area contributed by atoms with Gasteiger partial charge in [0.1, 0.15) is 0 Å². The van der Waals surface area contributed by atoms with Gasteiger partial charge in [-0.05, 0) is 30.5 Å². The van der Waals surface area contributed by atoms with E-state index in [-0.39, 0.29) is 5.91 Å². The molecule has 2 N–H and O–H groups in total. The molecule has 0 bridgehead atoms. The largest absolute Gasteiger partial charge is 0.384 e. The van der Waals surface area contributed by atoms with E-state index in [0.717, 1.165) is 17.9 Å². The number of carbonyl (C=O) groups is 1. The molecule has 0 radical (unpaired) electrons. The molecule has 0 aliphatic carbocycles. The zero-order valence-electron chi connectivity index (χ0n) is 11.9. The van der Waals surface area contributed by atoms with Gasteiger partial charge in [0.25, 0.3) is 0 Å². The fourth-order valence-corrected chi connectivity index (χ4v) is 2.05. The van der Waals surface area contributed by atoms with Crippen molar-refractivity contribution in [3.63, 3.8) is 0 Å². The van der Waals surface area contributed by atoms with E-state index in [4.69, 9.17) is 11.6 Å². The second-order valence-electron chi connectivity index (χ2n) is 4.87. The van der Waals surface area contributed by atoms with Crippen LogP contribution in [0.1, 0.15) is 40.0 Å². The van der Waals surface area contributed by atoms with Gasteiger partial charge in [-0.15, -0.1) is 0 Å². The topological polar surface area (TPSA) is 41.1 Å². The highest BCUT2D eigenvalue weighted by Gasteiger charge is 2.06. The molecule has 0 aromatic heterocycles. The third-order valence-corrected chi connectivity index (χ3v) is 3.32. The highest BCUT2D eigenvalue weighted by molar-refractivity contribution is 6.33. The molecular formula is C15H23ClN2O. The molecule has 1 unspecified atom stereocenters. The van der Waals surface area contributed by atoms with E-state index in [1.54, 1.807) is 6.07 Å². The lowest BCUT2D eigenvalue weighted by Gasteiger charge is -2.15. The molecule has 0 fully saturated rings. The van der Waals surface area contributed by atoms with Crippen LogP contribution in [0, 0.1) is 5.92 Å². The van der Waals surface area contributed by atoms with Gasteiger partial charge < -0.3 is 10.6 Å². The molecule has 3 nitrogen and oxygen atoms in total. The van der Waals surface area contributed by atoms with E-state index >= 15 is 0 Å². The van der Waals surface area contributed by atoms with Gasteiger partial charge in [0.15, 0.2) is 0 Å². The summed E-state index contributed by atoms with van der Waals surface area (Å²) in [6, 6.07) is 5.50. The first kappa shape index (κ1) is 15.8. The normalized spacial score (nSPS) is 12.0. The SMILES string of the molecule is CCCC(C)CNc1cc(NC(=O)CC)ccc1Cl. The molecule has 0 spiro atoms. The van der Waals surface area contributed by atoms with E-state index in [1.807, 2.05) is 19.1 Å². The average molecular weight is 283 g/mol. The van der Waals surface area contributed by atoms with Crippen LogP contribution < -0.4 is 10.6 Å². The van der Waals surface area contributed by atoms with Gasteiger partial charge in [0, 0.05) is 18.7 Å². The zero-order chi connectivity index (χ0) is 14.3. The number of anilines is 2. The van der Waals surface area contributed by atoms with E-state index in [0.29, 0.717) is 17.4 Å². The Hall–Kier alpha value is -1.22. The standard InChI is InChI=1S/C15H23ClN2O/c1-4-6-11(3)10-17-14-9-12(7-8-13(14)16)18-15(19)5-2/h7-9,11,17H,4-6,10H2,1-3H3,(H,18,19). The minimum Gasteiger partial charge on any atom is -0.384 e. The molecule has 1 amide bonds. The minimum atomic E-state index is 0.00706. The number of halogens is 1. The van der Waals surface area contributed by atoms with Crippen LogP contribution in [-0.2, 0) is 4.79 Å². The van der Waals surface area contributed by atoms with Crippen molar-refractivity contribution in [2.45, 2.75) is 40.0 Å². The fourth-order valence-electron chi connectivity index (χ4n) is 1.87. The Morgan fingerprint density at radius 3 is 2.74 bits per heavy atom. The zero-order valence-corrected chi connectivity index (χ0v) is 12.7. The smallest absolute Gasteiger partial charge is 0.224 e. The number of benzene rings is 1. The Morgan fingerprint density at radius 2 is 2.11 bits per heavy atom. The Labute approximate surface area is 120 Å². The summed E-state index contributed by atoms with van der Waals surface area (Å²) in [5.74, 6) is 0.613. The molecule has 1 aromatic rings. The van der Waals surface area contributed by atoms with Crippen LogP contribution in [0.25, 0.3) is 0 Å². The van der Waals surface area contributed by atoms with Gasteiger partial charge in [-0.3, -0.25) is 4.79 Å². The van der Waals surface area contributed by atoms with Crippen LogP contribution in [0.2, 0.25) is 5.02 Å². The second kappa shape index (κ2) is 8.05. The van der Waals surface area contributed by atoms with E-state index < -0.39 is 0 Å². The average Bonchev–Trinajstić information content (AvgIpc) is 2.39. The summed E-state index contributed by atoms with van der Waals surface area (Å²) in [7, 11) is 0. The maximum Gasteiger partial charge on any atom is 0.224 e. The van der Waals surface area contributed by atoms with Crippen molar-refractivity contribution < 1.29 is 4.79 Å². The first-order valence-electron chi connectivity index (χ1n) is 6.90. The predicted octanol–water partition coefficient (Wildman–Crippen LogP) is 4.54. The molecule has 0 saturated heterocycles. The molecule has 106 valence electrons. The Balaban J connectivity index is 2.66. The van der Waals surface area contributed by atoms with Crippen molar-refractivity contribution >= 4 is 28.9 Å². The van der Waals surface area contributed by atoms with Crippen molar-refractivity contribution in [3.8, 4) is 0 Å². The lowest BCUT2D eigenvalue weighted by atomic mass is 10.1. The summed E-state index contributed by atoms with van der Waals surface area (Å²) in [5, 5.41) is 6.86. The summed E-state index contributed by atoms with van der Waals surface area (Å²) >= 11 is 6.15. The van der Waals surface area contributed by atoms with Crippen molar-refractivity contribution in [1.29, 1.82) is 0 Å².